The first-order chi connectivity index (χ1) is 13.8. The standard InChI is InChI=1S/C20H23N5O3/c26-20(15-3-4-16-17(11-15)28-14-27-16)25-9-7-24(8-10-25)19-12-18(21-13-22-19)23-5-1-2-6-23/h3-4,11-13H,1-2,5-10,14H2. The van der Waals surface area contributed by atoms with Crippen LogP contribution in [0.4, 0.5) is 11.6 Å². The Balaban J connectivity index is 1.24. The molecule has 3 aliphatic rings. The average Bonchev–Trinajstić information content (AvgIpc) is 3.45. The molecule has 0 spiro atoms. The van der Waals surface area contributed by atoms with E-state index in [0.717, 1.165) is 37.8 Å². The van der Waals surface area contributed by atoms with Crippen LogP contribution in [0.3, 0.4) is 0 Å². The fourth-order valence-electron chi connectivity index (χ4n) is 3.98. The first kappa shape index (κ1) is 17.1. The van der Waals surface area contributed by atoms with Crippen LogP contribution in [0.5, 0.6) is 11.5 Å². The third-order valence-electron chi connectivity index (χ3n) is 5.58. The molecule has 3 aliphatic heterocycles. The minimum atomic E-state index is 0.0263. The van der Waals surface area contributed by atoms with Crippen LogP contribution in [0.2, 0.25) is 0 Å². The summed E-state index contributed by atoms with van der Waals surface area (Å²) >= 11 is 0. The van der Waals surface area contributed by atoms with E-state index in [1.807, 2.05) is 4.90 Å². The van der Waals surface area contributed by atoms with Crippen LogP contribution >= 0.6 is 0 Å². The third kappa shape index (κ3) is 3.19. The Morgan fingerprint density at radius 2 is 1.50 bits per heavy atom. The summed E-state index contributed by atoms with van der Waals surface area (Å²) in [7, 11) is 0. The maximum Gasteiger partial charge on any atom is 0.254 e. The van der Waals surface area contributed by atoms with Gasteiger partial charge in [-0.15, -0.1) is 0 Å². The fourth-order valence-corrected chi connectivity index (χ4v) is 3.98. The summed E-state index contributed by atoms with van der Waals surface area (Å²) in [6.45, 7) is 5.18. The van der Waals surface area contributed by atoms with Gasteiger partial charge in [0, 0.05) is 50.9 Å². The molecule has 4 heterocycles. The number of aromatic nitrogens is 2. The van der Waals surface area contributed by atoms with Crippen molar-refractivity contribution >= 4 is 17.5 Å². The highest BCUT2D eigenvalue weighted by Crippen LogP contribution is 2.33. The smallest absolute Gasteiger partial charge is 0.254 e. The van der Waals surface area contributed by atoms with Gasteiger partial charge < -0.3 is 24.2 Å². The molecule has 0 bridgehead atoms. The topological polar surface area (TPSA) is 71.0 Å². The number of piperazine rings is 1. The van der Waals surface area contributed by atoms with E-state index < -0.39 is 0 Å². The number of amides is 1. The molecule has 0 unspecified atom stereocenters. The van der Waals surface area contributed by atoms with Gasteiger partial charge in [-0.3, -0.25) is 4.79 Å². The molecule has 1 aromatic carbocycles. The number of fused-ring (bicyclic) bond motifs is 1. The van der Waals surface area contributed by atoms with Crippen molar-refractivity contribution in [2.75, 3.05) is 55.9 Å². The van der Waals surface area contributed by atoms with Gasteiger partial charge in [0.25, 0.3) is 5.91 Å². The molecule has 146 valence electrons. The highest BCUT2D eigenvalue weighted by Gasteiger charge is 2.25. The highest BCUT2D eigenvalue weighted by molar-refractivity contribution is 5.95. The Kier molecular flexibility index (Phi) is 4.38. The molecular weight excluding hydrogens is 358 g/mol. The first-order valence-corrected chi connectivity index (χ1v) is 9.79. The predicted molar refractivity (Wildman–Crippen MR) is 104 cm³/mol. The Morgan fingerprint density at radius 1 is 0.821 bits per heavy atom. The molecule has 8 heteroatoms. The second-order valence-corrected chi connectivity index (χ2v) is 7.28. The van der Waals surface area contributed by atoms with E-state index in [-0.39, 0.29) is 12.7 Å². The largest absolute Gasteiger partial charge is 0.454 e. The van der Waals surface area contributed by atoms with Crippen molar-refractivity contribution in [2.24, 2.45) is 0 Å². The number of rotatable bonds is 3. The minimum absolute atomic E-state index is 0.0263. The zero-order valence-electron chi connectivity index (χ0n) is 15.7. The number of hydrogen-bond acceptors (Lipinski definition) is 7. The number of hydrogen-bond donors (Lipinski definition) is 0. The molecule has 0 atom stereocenters. The summed E-state index contributed by atoms with van der Waals surface area (Å²) in [4.78, 5) is 28.2. The van der Waals surface area contributed by atoms with Crippen LogP contribution in [0.15, 0.2) is 30.6 Å². The number of carbonyl (C=O) groups excluding carboxylic acids is 1. The van der Waals surface area contributed by atoms with Crippen molar-refractivity contribution in [2.45, 2.75) is 12.8 Å². The number of nitrogens with zero attached hydrogens (tertiary/aromatic N) is 5. The van der Waals surface area contributed by atoms with Crippen molar-refractivity contribution < 1.29 is 14.3 Å². The van der Waals surface area contributed by atoms with E-state index in [2.05, 4.69) is 25.8 Å². The summed E-state index contributed by atoms with van der Waals surface area (Å²) in [5, 5.41) is 0. The summed E-state index contributed by atoms with van der Waals surface area (Å²) in [5.74, 6) is 3.30. The maximum absolute atomic E-state index is 12.8. The normalized spacial score (nSPS) is 18.6. The molecule has 28 heavy (non-hydrogen) atoms. The van der Waals surface area contributed by atoms with Gasteiger partial charge in [-0.05, 0) is 31.0 Å². The predicted octanol–water partition coefficient (Wildman–Crippen LogP) is 1.77. The molecule has 0 saturated carbocycles. The van der Waals surface area contributed by atoms with E-state index in [1.165, 1.54) is 12.8 Å². The molecule has 0 aliphatic carbocycles. The quantitative estimate of drug-likeness (QED) is 0.802. The molecule has 0 N–H and O–H groups in total. The lowest BCUT2D eigenvalue weighted by atomic mass is 10.1. The number of carbonyl (C=O) groups is 1. The van der Waals surface area contributed by atoms with E-state index in [1.54, 1.807) is 24.5 Å². The zero-order valence-corrected chi connectivity index (χ0v) is 15.7. The van der Waals surface area contributed by atoms with Crippen molar-refractivity contribution in [3.8, 4) is 11.5 Å². The SMILES string of the molecule is O=C(c1ccc2c(c1)OCO2)N1CCN(c2cc(N3CCCC3)ncn2)CC1. The fraction of sp³-hybridized carbons (Fsp3) is 0.450. The van der Waals surface area contributed by atoms with Gasteiger partial charge in [-0.1, -0.05) is 0 Å². The third-order valence-corrected chi connectivity index (χ3v) is 5.58. The summed E-state index contributed by atoms with van der Waals surface area (Å²) in [5.41, 5.74) is 0.635. The number of benzene rings is 1. The molecular formula is C20H23N5O3. The van der Waals surface area contributed by atoms with Gasteiger partial charge in [0.05, 0.1) is 0 Å². The lowest BCUT2D eigenvalue weighted by Gasteiger charge is -2.35. The second kappa shape index (κ2) is 7.18. The molecule has 2 saturated heterocycles. The number of ether oxygens (including phenoxy) is 2. The van der Waals surface area contributed by atoms with Crippen LogP contribution in [0.25, 0.3) is 0 Å². The molecule has 1 amide bonds. The Labute approximate surface area is 163 Å². The Bertz CT molecular complexity index is 876. The summed E-state index contributed by atoms with van der Waals surface area (Å²) in [6.07, 6.45) is 4.09. The molecule has 5 rings (SSSR count). The summed E-state index contributed by atoms with van der Waals surface area (Å²) in [6, 6.07) is 7.44. The van der Waals surface area contributed by atoms with Gasteiger partial charge in [0.15, 0.2) is 11.5 Å². The monoisotopic (exact) mass is 381 g/mol. The molecule has 1 aromatic heterocycles. The van der Waals surface area contributed by atoms with Crippen LogP contribution in [0.1, 0.15) is 23.2 Å². The highest BCUT2D eigenvalue weighted by atomic mass is 16.7. The van der Waals surface area contributed by atoms with E-state index in [0.29, 0.717) is 30.2 Å². The van der Waals surface area contributed by atoms with E-state index >= 15 is 0 Å². The van der Waals surface area contributed by atoms with Crippen molar-refractivity contribution in [1.29, 1.82) is 0 Å². The lowest BCUT2D eigenvalue weighted by Crippen LogP contribution is -2.49. The second-order valence-electron chi connectivity index (χ2n) is 7.28. The maximum atomic E-state index is 12.8. The Hall–Kier alpha value is -3.03. The van der Waals surface area contributed by atoms with Gasteiger partial charge in [0.2, 0.25) is 6.79 Å². The minimum Gasteiger partial charge on any atom is -0.454 e. The van der Waals surface area contributed by atoms with Gasteiger partial charge in [-0.25, -0.2) is 9.97 Å². The van der Waals surface area contributed by atoms with E-state index in [4.69, 9.17) is 9.47 Å². The van der Waals surface area contributed by atoms with Gasteiger partial charge in [0.1, 0.15) is 18.0 Å². The molecule has 0 radical (unpaired) electrons. The molecule has 2 aromatic rings. The van der Waals surface area contributed by atoms with Crippen molar-refractivity contribution in [1.82, 2.24) is 14.9 Å². The molecule has 2 fully saturated rings. The van der Waals surface area contributed by atoms with Gasteiger partial charge in [-0.2, -0.15) is 0 Å². The summed E-state index contributed by atoms with van der Waals surface area (Å²) < 4.78 is 10.7. The molecule has 8 nitrogen and oxygen atoms in total. The first-order valence-electron chi connectivity index (χ1n) is 9.79. The Morgan fingerprint density at radius 3 is 2.25 bits per heavy atom. The van der Waals surface area contributed by atoms with Gasteiger partial charge >= 0.3 is 0 Å². The van der Waals surface area contributed by atoms with Crippen molar-refractivity contribution in [3.05, 3.63) is 36.2 Å². The van der Waals surface area contributed by atoms with E-state index in [9.17, 15) is 4.79 Å². The zero-order chi connectivity index (χ0) is 18.9. The van der Waals surface area contributed by atoms with Crippen LogP contribution in [-0.4, -0.2) is 66.8 Å². The lowest BCUT2D eigenvalue weighted by molar-refractivity contribution is 0.0746. The van der Waals surface area contributed by atoms with Crippen LogP contribution in [-0.2, 0) is 0 Å². The van der Waals surface area contributed by atoms with Crippen LogP contribution in [0, 0.1) is 0 Å². The van der Waals surface area contributed by atoms with Crippen LogP contribution < -0.4 is 19.3 Å². The average molecular weight is 381 g/mol. The number of anilines is 2. The van der Waals surface area contributed by atoms with Crippen molar-refractivity contribution in [3.63, 3.8) is 0 Å².